The van der Waals surface area contributed by atoms with E-state index in [1.54, 1.807) is 11.3 Å². The molecule has 3 rings (SSSR count). The molecule has 0 unspecified atom stereocenters. The van der Waals surface area contributed by atoms with Gasteiger partial charge in [0.2, 0.25) is 12.7 Å². The number of benzene rings is 1. The van der Waals surface area contributed by atoms with Crippen LogP contribution in [0.1, 0.15) is 10.4 Å². The number of rotatable bonds is 4. The lowest BCUT2D eigenvalue weighted by atomic mass is 10.1. The van der Waals surface area contributed by atoms with Gasteiger partial charge in [0.1, 0.15) is 0 Å². The van der Waals surface area contributed by atoms with E-state index in [0.717, 1.165) is 16.2 Å². The van der Waals surface area contributed by atoms with Crippen LogP contribution in [0.5, 0.6) is 11.5 Å². The summed E-state index contributed by atoms with van der Waals surface area (Å²) in [6, 6.07) is 9.56. The van der Waals surface area contributed by atoms with Gasteiger partial charge < -0.3 is 14.8 Å². The molecule has 1 aromatic heterocycles. The van der Waals surface area contributed by atoms with Crippen molar-refractivity contribution in [3.8, 4) is 11.5 Å². The molecule has 1 N–H and O–H groups in total. The van der Waals surface area contributed by atoms with Crippen molar-refractivity contribution in [3.63, 3.8) is 0 Å². The first kappa shape index (κ1) is 12.0. The fourth-order valence-electron chi connectivity index (χ4n) is 1.90. The summed E-state index contributed by atoms with van der Waals surface area (Å²) in [4.78, 5) is 13.0. The molecule has 0 spiro atoms. The van der Waals surface area contributed by atoms with Gasteiger partial charge in [-0.1, -0.05) is 12.1 Å². The molecule has 5 heteroatoms. The van der Waals surface area contributed by atoms with Crippen molar-refractivity contribution < 1.29 is 14.3 Å². The number of thiophene rings is 1. The lowest BCUT2D eigenvalue weighted by Crippen LogP contribution is -2.24. The second-order valence-electron chi connectivity index (χ2n) is 4.22. The summed E-state index contributed by atoms with van der Waals surface area (Å²) in [7, 11) is 0. The van der Waals surface area contributed by atoms with Gasteiger partial charge in [0.15, 0.2) is 11.5 Å². The van der Waals surface area contributed by atoms with Gasteiger partial charge in [0, 0.05) is 4.88 Å². The molecule has 1 aliphatic rings. The van der Waals surface area contributed by atoms with Crippen molar-refractivity contribution in [2.75, 3.05) is 6.79 Å². The third-order valence-electron chi connectivity index (χ3n) is 2.84. The Morgan fingerprint density at radius 2 is 2.16 bits per heavy atom. The predicted molar refractivity (Wildman–Crippen MR) is 72.4 cm³/mol. The summed E-state index contributed by atoms with van der Waals surface area (Å²) in [6.07, 6.45) is 0.349. The van der Waals surface area contributed by atoms with E-state index in [9.17, 15) is 4.79 Å². The molecular weight excluding hydrogens is 262 g/mol. The molecule has 1 aliphatic heterocycles. The number of amides is 1. The zero-order chi connectivity index (χ0) is 13.1. The maximum absolute atomic E-state index is 11.8. The smallest absolute Gasteiger partial charge is 0.231 e. The predicted octanol–water partition coefficient (Wildman–Crippen LogP) is 2.34. The number of hydrogen-bond acceptors (Lipinski definition) is 4. The van der Waals surface area contributed by atoms with Gasteiger partial charge in [-0.25, -0.2) is 0 Å². The molecule has 0 bridgehead atoms. The van der Waals surface area contributed by atoms with Crippen LogP contribution < -0.4 is 14.8 Å². The third-order valence-corrected chi connectivity index (χ3v) is 3.72. The SMILES string of the molecule is O=C(Cc1ccc2c(c1)OCO2)NCc1cccs1. The number of carbonyl (C=O) groups excluding carboxylic acids is 1. The van der Waals surface area contributed by atoms with E-state index >= 15 is 0 Å². The molecule has 0 fully saturated rings. The Bertz CT molecular complexity index is 580. The largest absolute Gasteiger partial charge is 0.454 e. The highest BCUT2D eigenvalue weighted by Gasteiger charge is 2.14. The molecule has 0 radical (unpaired) electrons. The van der Waals surface area contributed by atoms with Crippen LogP contribution >= 0.6 is 11.3 Å². The monoisotopic (exact) mass is 275 g/mol. The van der Waals surface area contributed by atoms with Gasteiger partial charge in [-0.15, -0.1) is 11.3 Å². The minimum Gasteiger partial charge on any atom is -0.454 e. The fraction of sp³-hybridized carbons (Fsp3) is 0.214. The summed E-state index contributed by atoms with van der Waals surface area (Å²) < 4.78 is 10.5. The Kier molecular flexibility index (Phi) is 3.37. The van der Waals surface area contributed by atoms with Crippen LogP contribution in [0.2, 0.25) is 0 Å². The highest BCUT2D eigenvalue weighted by molar-refractivity contribution is 7.09. The Hall–Kier alpha value is -2.01. The molecule has 0 saturated carbocycles. The number of nitrogens with one attached hydrogen (secondary N) is 1. The minimum atomic E-state index is 0.00673. The number of hydrogen-bond donors (Lipinski definition) is 1. The molecule has 0 aliphatic carbocycles. The van der Waals surface area contributed by atoms with Crippen LogP contribution in [0.4, 0.5) is 0 Å². The lowest BCUT2D eigenvalue weighted by Gasteiger charge is -2.05. The van der Waals surface area contributed by atoms with Crippen LogP contribution in [0.25, 0.3) is 0 Å². The minimum absolute atomic E-state index is 0.00673. The fourth-order valence-corrected chi connectivity index (χ4v) is 2.54. The molecule has 2 aromatic rings. The maximum atomic E-state index is 11.8. The van der Waals surface area contributed by atoms with Crippen molar-refractivity contribution in [1.82, 2.24) is 5.32 Å². The van der Waals surface area contributed by atoms with Crippen LogP contribution in [-0.4, -0.2) is 12.7 Å². The zero-order valence-electron chi connectivity index (χ0n) is 10.2. The van der Waals surface area contributed by atoms with E-state index in [1.807, 2.05) is 35.7 Å². The molecule has 0 atom stereocenters. The van der Waals surface area contributed by atoms with Crippen LogP contribution in [0, 0.1) is 0 Å². The van der Waals surface area contributed by atoms with Gasteiger partial charge in [-0.2, -0.15) is 0 Å². The lowest BCUT2D eigenvalue weighted by molar-refractivity contribution is -0.120. The molecule has 4 nitrogen and oxygen atoms in total. The van der Waals surface area contributed by atoms with E-state index in [1.165, 1.54) is 0 Å². The summed E-state index contributed by atoms with van der Waals surface area (Å²) >= 11 is 1.64. The summed E-state index contributed by atoms with van der Waals surface area (Å²) in [5.74, 6) is 1.46. The van der Waals surface area contributed by atoms with E-state index in [2.05, 4.69) is 5.32 Å². The first-order valence-corrected chi connectivity index (χ1v) is 6.87. The summed E-state index contributed by atoms with van der Waals surface area (Å²) in [6.45, 7) is 0.838. The molecule has 0 saturated heterocycles. The van der Waals surface area contributed by atoms with Crippen LogP contribution in [0.15, 0.2) is 35.7 Å². The molecular formula is C14H13NO3S. The number of ether oxygens (including phenoxy) is 2. The summed E-state index contributed by atoms with van der Waals surface area (Å²) in [5, 5.41) is 4.90. The first-order valence-electron chi connectivity index (χ1n) is 5.99. The number of carbonyl (C=O) groups is 1. The van der Waals surface area contributed by atoms with Gasteiger partial charge >= 0.3 is 0 Å². The quantitative estimate of drug-likeness (QED) is 0.931. The zero-order valence-corrected chi connectivity index (χ0v) is 11.0. The first-order chi connectivity index (χ1) is 9.31. The van der Waals surface area contributed by atoms with Gasteiger partial charge in [-0.05, 0) is 29.1 Å². The normalized spacial score (nSPS) is 12.4. The average molecular weight is 275 g/mol. The van der Waals surface area contributed by atoms with Crippen molar-refractivity contribution in [3.05, 3.63) is 46.2 Å². The second kappa shape index (κ2) is 5.32. The maximum Gasteiger partial charge on any atom is 0.231 e. The van der Waals surface area contributed by atoms with Crippen molar-refractivity contribution in [1.29, 1.82) is 0 Å². The molecule has 1 aromatic carbocycles. The highest BCUT2D eigenvalue weighted by Crippen LogP contribution is 2.32. The van der Waals surface area contributed by atoms with Gasteiger partial charge in [-0.3, -0.25) is 4.79 Å². The van der Waals surface area contributed by atoms with Crippen LogP contribution in [0.3, 0.4) is 0 Å². The van der Waals surface area contributed by atoms with Crippen molar-refractivity contribution >= 4 is 17.2 Å². The highest BCUT2D eigenvalue weighted by atomic mass is 32.1. The van der Waals surface area contributed by atoms with Gasteiger partial charge in [0.25, 0.3) is 0 Å². The van der Waals surface area contributed by atoms with Crippen molar-refractivity contribution in [2.24, 2.45) is 0 Å². The molecule has 2 heterocycles. The van der Waals surface area contributed by atoms with E-state index < -0.39 is 0 Å². The standard InChI is InChI=1S/C14H13NO3S/c16-14(15-8-11-2-1-5-19-11)7-10-3-4-12-13(6-10)18-9-17-12/h1-6H,7-9H2,(H,15,16). The Labute approximate surface area is 115 Å². The Morgan fingerprint density at radius 1 is 1.26 bits per heavy atom. The van der Waals surface area contributed by atoms with Gasteiger partial charge in [0.05, 0.1) is 13.0 Å². The Balaban J connectivity index is 1.57. The Morgan fingerprint density at radius 3 is 3.00 bits per heavy atom. The topological polar surface area (TPSA) is 47.6 Å². The van der Waals surface area contributed by atoms with Crippen LogP contribution in [-0.2, 0) is 17.8 Å². The molecule has 1 amide bonds. The van der Waals surface area contributed by atoms with Crippen molar-refractivity contribution in [2.45, 2.75) is 13.0 Å². The number of fused-ring (bicyclic) bond motifs is 1. The van der Waals surface area contributed by atoms with E-state index in [-0.39, 0.29) is 12.7 Å². The van der Waals surface area contributed by atoms with E-state index in [0.29, 0.717) is 18.7 Å². The second-order valence-corrected chi connectivity index (χ2v) is 5.25. The third kappa shape index (κ3) is 2.88. The molecule has 19 heavy (non-hydrogen) atoms. The van der Waals surface area contributed by atoms with E-state index in [4.69, 9.17) is 9.47 Å². The summed E-state index contributed by atoms with van der Waals surface area (Å²) in [5.41, 5.74) is 0.924. The average Bonchev–Trinajstić information content (AvgIpc) is 3.07. The molecule has 98 valence electrons.